The average molecular weight is 186 g/mol. The Morgan fingerprint density at radius 2 is 2.23 bits per heavy atom. The maximum absolute atomic E-state index is 5.46. The van der Waals surface area contributed by atoms with E-state index in [0.29, 0.717) is 0 Å². The smallest absolute Gasteiger partial charge is 0.0737 e. The first-order chi connectivity index (χ1) is 6.29. The van der Waals surface area contributed by atoms with Gasteiger partial charge in [0.25, 0.3) is 0 Å². The van der Waals surface area contributed by atoms with E-state index < -0.39 is 0 Å². The van der Waals surface area contributed by atoms with Crippen LogP contribution in [0.25, 0.3) is 0 Å². The summed E-state index contributed by atoms with van der Waals surface area (Å²) in [6.07, 6.45) is 6.24. The molecule has 0 bridgehead atoms. The highest BCUT2D eigenvalue weighted by Crippen LogP contribution is 2.10. The van der Waals surface area contributed by atoms with E-state index in [2.05, 4.69) is 18.9 Å². The molecule has 0 aliphatic rings. The zero-order valence-corrected chi connectivity index (χ0v) is 8.75. The molecule has 0 heterocycles. The summed E-state index contributed by atoms with van der Waals surface area (Å²) in [7, 11) is 1.73. The molecule has 0 saturated carbocycles. The first-order valence-electron chi connectivity index (χ1n) is 4.89. The molecule has 0 aliphatic carbocycles. The van der Waals surface area contributed by atoms with Gasteiger partial charge in [-0.3, -0.25) is 11.3 Å². The Bertz CT molecular complexity index is 128. The number of methoxy groups -OCH3 is 1. The normalized spacial score (nSPS) is 15.3. The van der Waals surface area contributed by atoms with Crippen LogP contribution in [0.15, 0.2) is 12.7 Å². The van der Waals surface area contributed by atoms with Crippen molar-refractivity contribution >= 4 is 0 Å². The summed E-state index contributed by atoms with van der Waals surface area (Å²) in [6, 6.07) is 0.239. The second-order valence-corrected chi connectivity index (χ2v) is 3.20. The molecule has 78 valence electrons. The summed E-state index contributed by atoms with van der Waals surface area (Å²) >= 11 is 0. The lowest BCUT2D eigenvalue weighted by atomic mass is 10.0. The molecule has 3 heteroatoms. The number of ether oxygens (including phenoxy) is 1. The number of nitrogens with two attached hydrogens (primary N) is 1. The number of rotatable bonds is 8. The molecule has 0 fully saturated rings. The molecule has 2 atom stereocenters. The molecule has 0 saturated heterocycles. The second-order valence-electron chi connectivity index (χ2n) is 3.20. The highest BCUT2D eigenvalue weighted by molar-refractivity contribution is 4.78. The molecule has 0 radical (unpaired) electrons. The van der Waals surface area contributed by atoms with Crippen LogP contribution in [-0.4, -0.2) is 19.3 Å². The third kappa shape index (κ3) is 5.03. The van der Waals surface area contributed by atoms with Crippen molar-refractivity contribution < 1.29 is 4.74 Å². The molecular weight excluding hydrogens is 164 g/mol. The Morgan fingerprint density at radius 1 is 1.54 bits per heavy atom. The lowest BCUT2D eigenvalue weighted by Gasteiger charge is -2.24. The zero-order valence-electron chi connectivity index (χ0n) is 8.75. The maximum Gasteiger partial charge on any atom is 0.0737 e. The Balaban J connectivity index is 3.91. The number of hydrazine groups is 1. The van der Waals surface area contributed by atoms with Crippen molar-refractivity contribution in [3.05, 3.63) is 12.7 Å². The maximum atomic E-state index is 5.46. The Hall–Kier alpha value is -0.380. The van der Waals surface area contributed by atoms with Gasteiger partial charge >= 0.3 is 0 Å². The second kappa shape index (κ2) is 8.23. The van der Waals surface area contributed by atoms with Crippen LogP contribution < -0.4 is 11.3 Å². The average Bonchev–Trinajstić information content (AvgIpc) is 2.17. The number of hydrogen-bond acceptors (Lipinski definition) is 3. The minimum absolute atomic E-state index is 0.218. The SMILES string of the molecule is C=CCCC(NN)C(CCC)OC. The predicted octanol–water partition coefficient (Wildman–Crippen LogP) is 1.60. The van der Waals surface area contributed by atoms with Crippen molar-refractivity contribution in [2.45, 2.75) is 44.8 Å². The van der Waals surface area contributed by atoms with Crippen molar-refractivity contribution in [3.63, 3.8) is 0 Å². The Morgan fingerprint density at radius 3 is 2.62 bits per heavy atom. The van der Waals surface area contributed by atoms with E-state index in [1.165, 1.54) is 0 Å². The van der Waals surface area contributed by atoms with Crippen LogP contribution in [0.4, 0.5) is 0 Å². The lowest BCUT2D eigenvalue weighted by molar-refractivity contribution is 0.0584. The third-order valence-electron chi connectivity index (χ3n) is 2.22. The molecule has 0 aliphatic heterocycles. The summed E-state index contributed by atoms with van der Waals surface area (Å²) in [6.45, 7) is 5.83. The minimum Gasteiger partial charge on any atom is -0.380 e. The summed E-state index contributed by atoms with van der Waals surface area (Å²) in [5, 5.41) is 0. The van der Waals surface area contributed by atoms with Gasteiger partial charge in [-0.2, -0.15) is 0 Å². The third-order valence-corrected chi connectivity index (χ3v) is 2.22. The van der Waals surface area contributed by atoms with Gasteiger partial charge in [0.1, 0.15) is 0 Å². The van der Waals surface area contributed by atoms with Crippen LogP contribution in [0.5, 0.6) is 0 Å². The van der Waals surface area contributed by atoms with Gasteiger partial charge in [0.15, 0.2) is 0 Å². The molecule has 3 N–H and O–H groups in total. The van der Waals surface area contributed by atoms with Gasteiger partial charge < -0.3 is 4.74 Å². The molecule has 0 rings (SSSR count). The number of nitrogens with one attached hydrogen (secondary N) is 1. The van der Waals surface area contributed by atoms with Crippen LogP contribution in [-0.2, 0) is 4.74 Å². The molecule has 2 unspecified atom stereocenters. The molecule has 0 aromatic heterocycles. The van der Waals surface area contributed by atoms with E-state index in [4.69, 9.17) is 10.6 Å². The van der Waals surface area contributed by atoms with Crippen molar-refractivity contribution in [3.8, 4) is 0 Å². The summed E-state index contributed by atoms with van der Waals surface area (Å²) in [5.74, 6) is 5.46. The predicted molar refractivity (Wildman–Crippen MR) is 56.2 cm³/mol. The summed E-state index contributed by atoms with van der Waals surface area (Å²) in [4.78, 5) is 0. The molecule has 3 nitrogen and oxygen atoms in total. The monoisotopic (exact) mass is 186 g/mol. The van der Waals surface area contributed by atoms with Crippen LogP contribution in [0.1, 0.15) is 32.6 Å². The number of allylic oxidation sites excluding steroid dienone is 1. The van der Waals surface area contributed by atoms with Gasteiger partial charge in [0.2, 0.25) is 0 Å². The largest absolute Gasteiger partial charge is 0.380 e. The van der Waals surface area contributed by atoms with E-state index in [1.807, 2.05) is 6.08 Å². The minimum atomic E-state index is 0.218. The molecule has 0 aromatic rings. The fraction of sp³-hybridized carbons (Fsp3) is 0.800. The highest BCUT2D eigenvalue weighted by atomic mass is 16.5. The molecule has 13 heavy (non-hydrogen) atoms. The van der Waals surface area contributed by atoms with E-state index in [9.17, 15) is 0 Å². The van der Waals surface area contributed by atoms with Crippen LogP contribution in [0, 0.1) is 0 Å². The number of hydrogen-bond donors (Lipinski definition) is 2. The van der Waals surface area contributed by atoms with Crippen LogP contribution in [0.3, 0.4) is 0 Å². The first kappa shape index (κ1) is 12.6. The van der Waals surface area contributed by atoms with E-state index in [1.54, 1.807) is 7.11 Å². The van der Waals surface area contributed by atoms with Gasteiger partial charge in [-0.05, 0) is 19.3 Å². The standard InChI is InChI=1S/C10H22N2O/c1-4-6-8-9(12-11)10(13-3)7-5-2/h4,9-10,12H,1,5-8,11H2,2-3H3. The zero-order chi connectivity index (χ0) is 10.1. The van der Waals surface area contributed by atoms with Gasteiger partial charge in [-0.1, -0.05) is 19.4 Å². The van der Waals surface area contributed by atoms with Crippen molar-refractivity contribution in [2.75, 3.05) is 7.11 Å². The Kier molecular flexibility index (Phi) is 7.99. The van der Waals surface area contributed by atoms with Gasteiger partial charge in [0, 0.05) is 13.2 Å². The lowest BCUT2D eigenvalue weighted by Crippen LogP contribution is -2.44. The van der Waals surface area contributed by atoms with E-state index >= 15 is 0 Å². The molecule has 0 spiro atoms. The summed E-state index contributed by atoms with van der Waals surface area (Å²) < 4.78 is 5.36. The quantitative estimate of drug-likeness (QED) is 0.344. The van der Waals surface area contributed by atoms with Gasteiger partial charge in [-0.15, -0.1) is 6.58 Å². The van der Waals surface area contributed by atoms with Crippen LogP contribution in [0.2, 0.25) is 0 Å². The molecule has 0 amide bonds. The fourth-order valence-electron chi connectivity index (χ4n) is 1.44. The van der Waals surface area contributed by atoms with Crippen molar-refractivity contribution in [1.82, 2.24) is 5.43 Å². The van der Waals surface area contributed by atoms with Crippen LogP contribution >= 0.6 is 0 Å². The fourth-order valence-corrected chi connectivity index (χ4v) is 1.44. The first-order valence-corrected chi connectivity index (χ1v) is 4.89. The molecule has 0 aromatic carbocycles. The van der Waals surface area contributed by atoms with Crippen molar-refractivity contribution in [1.29, 1.82) is 0 Å². The molecular formula is C10H22N2O. The topological polar surface area (TPSA) is 47.3 Å². The van der Waals surface area contributed by atoms with Crippen molar-refractivity contribution in [2.24, 2.45) is 5.84 Å². The van der Waals surface area contributed by atoms with E-state index in [-0.39, 0.29) is 12.1 Å². The Labute approximate surface area is 81.3 Å². The highest BCUT2D eigenvalue weighted by Gasteiger charge is 2.17. The summed E-state index contributed by atoms with van der Waals surface area (Å²) in [5.41, 5.74) is 2.80. The van der Waals surface area contributed by atoms with Gasteiger partial charge in [-0.25, -0.2) is 0 Å². The van der Waals surface area contributed by atoms with E-state index in [0.717, 1.165) is 25.7 Å². The van der Waals surface area contributed by atoms with Gasteiger partial charge in [0.05, 0.1) is 6.10 Å².